The van der Waals surface area contributed by atoms with E-state index in [1.54, 1.807) is 0 Å². The van der Waals surface area contributed by atoms with Gasteiger partial charge in [-0.15, -0.1) is 0 Å². The largest absolute Gasteiger partial charge is 0.472 e. The summed E-state index contributed by atoms with van der Waals surface area (Å²) in [5.41, 5.74) is 5.39. The van der Waals surface area contributed by atoms with Crippen LogP contribution < -0.4 is 5.73 Å². The lowest BCUT2D eigenvalue weighted by molar-refractivity contribution is -0.154. The third-order valence-corrected chi connectivity index (χ3v) is 13.3. The Kier molecular flexibility index (Phi) is 50.1. The Balaban J connectivity index is 3.83. The van der Waals surface area contributed by atoms with E-state index in [-0.39, 0.29) is 32.3 Å². The van der Waals surface area contributed by atoms with Crippen molar-refractivity contribution in [2.24, 2.45) is 5.73 Å². The molecule has 0 aromatic heterocycles. The van der Waals surface area contributed by atoms with Crippen LogP contribution in [0.3, 0.4) is 0 Å². The molecule has 0 radical (unpaired) electrons. The zero-order chi connectivity index (χ0) is 44.4. The molecule has 0 aliphatic heterocycles. The minimum Gasteiger partial charge on any atom is -0.457 e. The lowest BCUT2D eigenvalue weighted by atomic mass is 10.0. The highest BCUT2D eigenvalue weighted by atomic mass is 31.2. The number of esters is 1. The monoisotopic (exact) mass is 888 g/mol. The summed E-state index contributed by atoms with van der Waals surface area (Å²) >= 11 is 0. The van der Waals surface area contributed by atoms with Crippen molar-refractivity contribution in [1.29, 1.82) is 0 Å². The molecule has 0 aromatic carbocycles. The molecule has 0 saturated heterocycles. The summed E-state index contributed by atoms with van der Waals surface area (Å²) in [4.78, 5) is 22.6. The molecule has 0 fully saturated rings. The number of ether oxygens (including phenoxy) is 2. The van der Waals surface area contributed by atoms with E-state index in [1.165, 1.54) is 238 Å². The van der Waals surface area contributed by atoms with Gasteiger partial charge in [0.2, 0.25) is 0 Å². The predicted octanol–water partition coefficient (Wildman–Crippen LogP) is 16.8. The maximum Gasteiger partial charge on any atom is 0.472 e. The fraction of sp³-hybridized carbons (Fsp3) is 0.981. The SMILES string of the molecule is CCCCCCCCCCCCCCCCCCCCCCCCCCCC(=O)OC(COCCCCCCCCCCCCCCCCCCC)COP(=O)(O)OCCN. The van der Waals surface area contributed by atoms with Gasteiger partial charge in [0.1, 0.15) is 6.10 Å². The van der Waals surface area contributed by atoms with Gasteiger partial charge in [0, 0.05) is 19.6 Å². The highest BCUT2D eigenvalue weighted by Gasteiger charge is 2.25. The van der Waals surface area contributed by atoms with Gasteiger partial charge in [0.15, 0.2) is 0 Å². The zero-order valence-electron chi connectivity index (χ0n) is 40.9. The molecule has 0 bridgehead atoms. The molecule has 3 N–H and O–H groups in total. The molecule has 0 aliphatic rings. The van der Waals surface area contributed by atoms with Gasteiger partial charge in [-0.3, -0.25) is 13.8 Å². The van der Waals surface area contributed by atoms with Crippen LogP contribution in [0, 0.1) is 0 Å². The summed E-state index contributed by atoms with van der Waals surface area (Å²) in [6, 6.07) is 0. The third kappa shape index (κ3) is 50.4. The summed E-state index contributed by atoms with van der Waals surface area (Å²) in [7, 11) is -4.27. The fourth-order valence-electron chi connectivity index (χ4n) is 8.30. The van der Waals surface area contributed by atoms with Gasteiger partial charge in [-0.1, -0.05) is 271 Å². The van der Waals surface area contributed by atoms with Crippen LogP contribution in [0.1, 0.15) is 290 Å². The topological polar surface area (TPSA) is 117 Å². The van der Waals surface area contributed by atoms with Crippen LogP contribution in [0.15, 0.2) is 0 Å². The van der Waals surface area contributed by atoms with Gasteiger partial charge in [-0.2, -0.15) is 0 Å². The maximum absolute atomic E-state index is 12.7. The van der Waals surface area contributed by atoms with Gasteiger partial charge in [0.25, 0.3) is 0 Å². The molecule has 8 nitrogen and oxygen atoms in total. The van der Waals surface area contributed by atoms with Crippen LogP contribution in [0.2, 0.25) is 0 Å². The maximum atomic E-state index is 12.7. The van der Waals surface area contributed by atoms with Crippen molar-refractivity contribution in [2.75, 3.05) is 33.0 Å². The first-order valence-electron chi connectivity index (χ1n) is 27.0. The van der Waals surface area contributed by atoms with Gasteiger partial charge in [-0.25, -0.2) is 4.57 Å². The number of phosphoric ester groups is 1. The van der Waals surface area contributed by atoms with Crippen molar-refractivity contribution in [3.8, 4) is 0 Å². The lowest BCUT2D eigenvalue weighted by Crippen LogP contribution is -2.28. The van der Waals surface area contributed by atoms with Crippen LogP contribution >= 0.6 is 7.82 Å². The number of rotatable bonds is 53. The molecular formula is C52H106NO7P. The quantitative estimate of drug-likeness (QED) is 0.0352. The first-order chi connectivity index (χ1) is 29.9. The predicted molar refractivity (Wildman–Crippen MR) is 261 cm³/mol. The minimum absolute atomic E-state index is 0.0897. The van der Waals surface area contributed by atoms with Crippen LogP contribution in [-0.4, -0.2) is 49.9 Å². The number of phosphoric acid groups is 1. The van der Waals surface area contributed by atoms with E-state index in [2.05, 4.69) is 13.8 Å². The third-order valence-electron chi connectivity index (χ3n) is 12.3. The summed E-state index contributed by atoms with van der Waals surface area (Å²) in [5.74, 6) is -0.320. The van der Waals surface area contributed by atoms with Crippen LogP contribution in [0.4, 0.5) is 0 Å². The second kappa shape index (κ2) is 50.5. The molecule has 0 saturated carbocycles. The molecule has 0 aromatic rings. The molecule has 9 heteroatoms. The average Bonchev–Trinajstić information content (AvgIpc) is 3.25. The molecule has 2 unspecified atom stereocenters. The van der Waals surface area contributed by atoms with Crippen LogP contribution in [-0.2, 0) is 27.9 Å². The number of hydrogen-bond donors (Lipinski definition) is 2. The Hall–Kier alpha value is -0.500. The molecule has 61 heavy (non-hydrogen) atoms. The van der Waals surface area contributed by atoms with Crippen molar-refractivity contribution < 1.29 is 32.8 Å². The number of carbonyl (C=O) groups is 1. The molecular weight excluding hydrogens is 782 g/mol. The van der Waals surface area contributed by atoms with Crippen molar-refractivity contribution in [1.82, 2.24) is 0 Å². The summed E-state index contributed by atoms with van der Waals surface area (Å²) in [6.07, 6.45) is 55.8. The molecule has 2 atom stereocenters. The van der Waals surface area contributed by atoms with Crippen LogP contribution in [0.5, 0.6) is 0 Å². The molecule has 0 heterocycles. The van der Waals surface area contributed by atoms with Gasteiger partial charge in [0.05, 0.1) is 19.8 Å². The van der Waals surface area contributed by atoms with Gasteiger partial charge >= 0.3 is 13.8 Å². The van der Waals surface area contributed by atoms with E-state index >= 15 is 0 Å². The normalized spacial score (nSPS) is 13.2. The molecule has 366 valence electrons. The fourth-order valence-corrected chi connectivity index (χ4v) is 9.06. The summed E-state index contributed by atoms with van der Waals surface area (Å²) < 4.78 is 33.6. The van der Waals surface area contributed by atoms with Crippen molar-refractivity contribution in [3.05, 3.63) is 0 Å². The Morgan fingerprint density at radius 2 is 0.721 bits per heavy atom. The van der Waals surface area contributed by atoms with Crippen LogP contribution in [0.25, 0.3) is 0 Å². The molecule has 0 rings (SSSR count). The first kappa shape index (κ1) is 60.5. The Bertz CT molecular complexity index is 909. The molecule has 0 amide bonds. The van der Waals surface area contributed by atoms with Gasteiger partial charge in [-0.05, 0) is 12.8 Å². The highest BCUT2D eigenvalue weighted by molar-refractivity contribution is 7.47. The second-order valence-corrected chi connectivity index (χ2v) is 19.9. The van der Waals surface area contributed by atoms with Crippen molar-refractivity contribution in [2.45, 2.75) is 296 Å². The molecule has 0 aliphatic carbocycles. The highest BCUT2D eigenvalue weighted by Crippen LogP contribution is 2.43. The zero-order valence-corrected chi connectivity index (χ0v) is 41.8. The average molecular weight is 888 g/mol. The van der Waals surface area contributed by atoms with Crippen molar-refractivity contribution >= 4 is 13.8 Å². The van der Waals surface area contributed by atoms with E-state index in [4.69, 9.17) is 24.3 Å². The number of unbranched alkanes of at least 4 members (excludes halogenated alkanes) is 40. The van der Waals surface area contributed by atoms with Crippen molar-refractivity contribution in [3.63, 3.8) is 0 Å². The van der Waals surface area contributed by atoms with E-state index in [0.29, 0.717) is 13.0 Å². The lowest BCUT2D eigenvalue weighted by Gasteiger charge is -2.20. The number of hydrogen-bond acceptors (Lipinski definition) is 7. The minimum atomic E-state index is -4.27. The Morgan fingerprint density at radius 1 is 0.426 bits per heavy atom. The van der Waals surface area contributed by atoms with E-state index in [1.807, 2.05) is 0 Å². The van der Waals surface area contributed by atoms with Gasteiger partial charge < -0.3 is 20.1 Å². The van der Waals surface area contributed by atoms with E-state index < -0.39 is 13.9 Å². The Morgan fingerprint density at radius 3 is 1.03 bits per heavy atom. The van der Waals surface area contributed by atoms with E-state index in [0.717, 1.165) is 32.1 Å². The summed E-state index contributed by atoms with van der Waals surface area (Å²) in [6.45, 7) is 5.01. The Labute approximate surface area is 380 Å². The standard InChI is InChI=1S/C52H106NO7P/c1-3-5-7-9-11-13-15-17-19-21-22-23-24-25-26-27-28-29-31-33-35-37-39-41-43-45-52(54)60-51(50-59-61(55,56)58-48-46-53)49-57-47-44-42-40-38-36-34-32-30-20-18-16-14-12-10-8-6-4-2/h51H,3-50,53H2,1-2H3,(H,55,56). The summed E-state index contributed by atoms with van der Waals surface area (Å²) in [5, 5.41) is 0. The van der Waals surface area contributed by atoms with E-state index in [9.17, 15) is 14.3 Å². The first-order valence-corrected chi connectivity index (χ1v) is 28.5. The second-order valence-electron chi connectivity index (χ2n) is 18.5. The smallest absolute Gasteiger partial charge is 0.457 e. The molecule has 0 spiro atoms. The number of carbonyl (C=O) groups excluding carboxylic acids is 1. The number of nitrogens with two attached hydrogens (primary N) is 1.